The molecule has 0 bridgehead atoms. The Balaban J connectivity index is 1.36. The summed E-state index contributed by atoms with van der Waals surface area (Å²) in [4.78, 5) is 10.5. The van der Waals surface area contributed by atoms with E-state index in [4.69, 9.17) is 9.97 Å². The molecule has 5 aromatic carbocycles. The van der Waals surface area contributed by atoms with E-state index in [2.05, 4.69) is 139 Å². The van der Waals surface area contributed by atoms with Crippen molar-refractivity contribution in [2.75, 3.05) is 0 Å². The first-order valence-corrected chi connectivity index (χ1v) is 17.1. The minimum Gasteiger partial charge on any atom is -0.228 e. The van der Waals surface area contributed by atoms with Crippen LogP contribution in [-0.2, 0) is 10.8 Å². The van der Waals surface area contributed by atoms with Crippen LogP contribution in [0.15, 0.2) is 97.1 Å². The van der Waals surface area contributed by atoms with Crippen molar-refractivity contribution in [3.63, 3.8) is 0 Å². The lowest BCUT2D eigenvalue weighted by atomic mass is 9.70. The molecule has 1 aromatic heterocycles. The minimum absolute atomic E-state index is 0.0197. The maximum absolute atomic E-state index is 5.36. The molecule has 0 fully saturated rings. The van der Waals surface area contributed by atoms with Gasteiger partial charge in [-0.1, -0.05) is 119 Å². The highest BCUT2D eigenvalue weighted by molar-refractivity contribution is 5.96. The van der Waals surface area contributed by atoms with Gasteiger partial charge in [-0.05, 0) is 101 Å². The first kappa shape index (κ1) is 28.9. The third-order valence-corrected chi connectivity index (χ3v) is 11.0. The van der Waals surface area contributed by atoms with Gasteiger partial charge >= 0.3 is 0 Å². The molecule has 0 saturated heterocycles. The zero-order valence-electron chi connectivity index (χ0n) is 28.0. The topological polar surface area (TPSA) is 25.8 Å². The highest BCUT2D eigenvalue weighted by Gasteiger charge is 2.45. The van der Waals surface area contributed by atoms with Crippen molar-refractivity contribution < 1.29 is 0 Å². The van der Waals surface area contributed by atoms with Crippen molar-refractivity contribution in [1.29, 1.82) is 0 Å². The molecule has 2 heteroatoms. The molecule has 0 N–H and O–H groups in total. The lowest BCUT2D eigenvalue weighted by Gasteiger charge is -2.33. The SMILES string of the molecule is CCCC1(CCC)c2cc(-c3nc(-c4c(C)cccc4C)c4ccccc4n3)ccc2-c2cc3c(cc21)C(C)(C)c1ccccc1-3. The van der Waals surface area contributed by atoms with Gasteiger partial charge in [-0.3, -0.25) is 0 Å². The highest BCUT2D eigenvalue weighted by Crippen LogP contribution is 2.59. The second-order valence-corrected chi connectivity index (χ2v) is 14.1. The summed E-state index contributed by atoms with van der Waals surface area (Å²) >= 11 is 0. The van der Waals surface area contributed by atoms with Gasteiger partial charge < -0.3 is 0 Å². The van der Waals surface area contributed by atoms with Gasteiger partial charge in [0.1, 0.15) is 0 Å². The first-order chi connectivity index (χ1) is 22.3. The average Bonchev–Trinajstić information content (AvgIpc) is 3.45. The fraction of sp³-hybridized carbons (Fsp3) is 0.273. The van der Waals surface area contributed by atoms with Crippen LogP contribution in [0.25, 0.3) is 55.8 Å². The van der Waals surface area contributed by atoms with E-state index in [9.17, 15) is 0 Å². The summed E-state index contributed by atoms with van der Waals surface area (Å²) in [5, 5.41) is 1.10. The number of para-hydroxylation sites is 1. The molecule has 1 heterocycles. The number of aryl methyl sites for hydroxylation is 2. The average molecular weight is 599 g/mol. The summed E-state index contributed by atoms with van der Waals surface area (Å²) in [7, 11) is 0. The number of rotatable bonds is 6. The van der Waals surface area contributed by atoms with E-state index in [-0.39, 0.29) is 10.8 Å². The van der Waals surface area contributed by atoms with Crippen molar-refractivity contribution in [2.45, 2.75) is 78.1 Å². The Hall–Kier alpha value is -4.56. The summed E-state index contributed by atoms with van der Waals surface area (Å²) in [6.07, 6.45) is 4.52. The van der Waals surface area contributed by atoms with Crippen LogP contribution >= 0.6 is 0 Å². The van der Waals surface area contributed by atoms with E-state index in [0.29, 0.717) is 0 Å². The molecule has 0 amide bonds. The molecule has 2 aliphatic carbocycles. The lowest BCUT2D eigenvalue weighted by molar-refractivity contribution is 0.435. The van der Waals surface area contributed by atoms with Gasteiger partial charge in [-0.15, -0.1) is 0 Å². The molecule has 0 spiro atoms. The van der Waals surface area contributed by atoms with Gasteiger partial charge in [0.2, 0.25) is 0 Å². The summed E-state index contributed by atoms with van der Waals surface area (Å²) in [5.41, 5.74) is 18.2. The molecule has 46 heavy (non-hydrogen) atoms. The van der Waals surface area contributed by atoms with Crippen LogP contribution in [0.4, 0.5) is 0 Å². The van der Waals surface area contributed by atoms with Gasteiger partial charge in [0.15, 0.2) is 5.82 Å². The largest absolute Gasteiger partial charge is 0.228 e. The lowest BCUT2D eigenvalue weighted by Crippen LogP contribution is -2.26. The molecule has 228 valence electrons. The number of nitrogens with zero attached hydrogens (tertiary/aromatic N) is 2. The molecule has 0 unspecified atom stereocenters. The summed E-state index contributed by atoms with van der Waals surface area (Å²) in [6.45, 7) is 13.9. The van der Waals surface area contributed by atoms with Crippen LogP contribution in [0.3, 0.4) is 0 Å². The van der Waals surface area contributed by atoms with Gasteiger partial charge in [0, 0.05) is 27.3 Å². The molecule has 0 saturated carbocycles. The van der Waals surface area contributed by atoms with Crippen LogP contribution < -0.4 is 0 Å². The van der Waals surface area contributed by atoms with E-state index in [1.807, 2.05) is 0 Å². The zero-order valence-corrected chi connectivity index (χ0v) is 28.0. The van der Waals surface area contributed by atoms with Crippen LogP contribution in [0.5, 0.6) is 0 Å². The summed E-state index contributed by atoms with van der Waals surface area (Å²) in [5.74, 6) is 0.801. The van der Waals surface area contributed by atoms with Gasteiger partial charge in [0.25, 0.3) is 0 Å². The molecule has 2 nitrogen and oxygen atoms in total. The standard InChI is InChI=1S/C44H42N2/c1-7-22-44(23-8-2)37-24-29(42-45-39-19-12-10-17-32(39)41(46-42)40-27(3)14-13-15-28(40)4)20-21-31(37)34-25-33-30-16-9-11-18-35(30)43(5,6)36(33)26-38(34)44/h9-21,24-26H,7-8,22-23H2,1-6H3. The Labute approximate surface area is 273 Å². The minimum atomic E-state index is -0.0314. The molecule has 0 radical (unpaired) electrons. The van der Waals surface area contributed by atoms with Crippen molar-refractivity contribution in [3.05, 3.63) is 130 Å². The fourth-order valence-corrected chi connectivity index (χ4v) is 8.93. The first-order valence-electron chi connectivity index (χ1n) is 17.1. The Bertz CT molecular complexity index is 2160. The number of aromatic nitrogens is 2. The molecule has 8 rings (SSSR count). The number of hydrogen-bond acceptors (Lipinski definition) is 2. The van der Waals surface area contributed by atoms with E-state index >= 15 is 0 Å². The van der Waals surface area contributed by atoms with Gasteiger partial charge in [-0.2, -0.15) is 0 Å². The maximum atomic E-state index is 5.36. The smallest absolute Gasteiger partial charge is 0.160 e. The maximum Gasteiger partial charge on any atom is 0.160 e. The Morgan fingerprint density at radius 1 is 0.565 bits per heavy atom. The van der Waals surface area contributed by atoms with Crippen LogP contribution in [0.2, 0.25) is 0 Å². The summed E-state index contributed by atoms with van der Waals surface area (Å²) < 4.78 is 0. The Morgan fingerprint density at radius 3 is 1.98 bits per heavy atom. The molecule has 6 aromatic rings. The highest BCUT2D eigenvalue weighted by atomic mass is 14.9. The van der Waals surface area contributed by atoms with Crippen molar-refractivity contribution >= 4 is 10.9 Å². The quantitative estimate of drug-likeness (QED) is 0.191. The van der Waals surface area contributed by atoms with E-state index in [1.165, 1.54) is 61.2 Å². The second-order valence-electron chi connectivity index (χ2n) is 14.1. The van der Waals surface area contributed by atoms with E-state index in [1.54, 1.807) is 0 Å². The van der Waals surface area contributed by atoms with Gasteiger partial charge in [-0.25, -0.2) is 9.97 Å². The van der Waals surface area contributed by atoms with E-state index in [0.717, 1.165) is 53.7 Å². The van der Waals surface area contributed by atoms with Crippen molar-refractivity contribution in [2.24, 2.45) is 0 Å². The Morgan fingerprint density at radius 2 is 1.22 bits per heavy atom. The van der Waals surface area contributed by atoms with Crippen molar-refractivity contribution in [3.8, 4) is 44.9 Å². The normalized spacial score (nSPS) is 15.0. The number of benzene rings is 5. The number of fused-ring (bicyclic) bond motifs is 7. The van der Waals surface area contributed by atoms with Gasteiger partial charge in [0.05, 0.1) is 11.2 Å². The third kappa shape index (κ3) is 4.02. The molecule has 0 atom stereocenters. The summed E-state index contributed by atoms with van der Waals surface area (Å²) in [6, 6.07) is 36.2. The predicted molar refractivity (Wildman–Crippen MR) is 193 cm³/mol. The van der Waals surface area contributed by atoms with E-state index < -0.39 is 0 Å². The van der Waals surface area contributed by atoms with Crippen LogP contribution in [0, 0.1) is 13.8 Å². The van der Waals surface area contributed by atoms with Crippen molar-refractivity contribution in [1.82, 2.24) is 9.97 Å². The molecule has 0 aliphatic heterocycles. The monoisotopic (exact) mass is 598 g/mol. The zero-order chi connectivity index (χ0) is 31.8. The van der Waals surface area contributed by atoms with Crippen LogP contribution in [0.1, 0.15) is 86.8 Å². The Kier molecular flexibility index (Phi) is 6.59. The number of hydrogen-bond donors (Lipinski definition) is 0. The predicted octanol–water partition coefficient (Wildman–Crippen LogP) is 11.8. The van der Waals surface area contributed by atoms with Crippen LogP contribution in [-0.4, -0.2) is 9.97 Å². The second kappa shape index (κ2) is 10.5. The molecular formula is C44H42N2. The fourth-order valence-electron chi connectivity index (χ4n) is 8.93. The molecule has 2 aliphatic rings. The third-order valence-electron chi connectivity index (χ3n) is 11.0. The molecular weight excluding hydrogens is 556 g/mol.